The third-order valence-electron chi connectivity index (χ3n) is 3.12. The Kier molecular flexibility index (Phi) is 2.61. The molecule has 0 aromatic carbocycles. The van der Waals surface area contributed by atoms with Gasteiger partial charge in [-0.1, -0.05) is 18.5 Å². The molecule has 1 fully saturated rings. The van der Waals surface area contributed by atoms with Crippen molar-refractivity contribution in [2.45, 2.75) is 31.8 Å². The van der Waals surface area contributed by atoms with E-state index in [0.717, 1.165) is 19.3 Å². The highest BCUT2D eigenvalue weighted by Crippen LogP contribution is 2.43. The van der Waals surface area contributed by atoms with Gasteiger partial charge in [0.05, 0.1) is 10.6 Å². The van der Waals surface area contributed by atoms with Gasteiger partial charge in [0, 0.05) is 11.8 Å². The van der Waals surface area contributed by atoms with Crippen LogP contribution in [0.4, 0.5) is 5.82 Å². The molecular formula is C11H15ClN2O. The van der Waals surface area contributed by atoms with Gasteiger partial charge in [-0.05, 0) is 31.2 Å². The highest BCUT2D eigenvalue weighted by molar-refractivity contribution is 6.30. The topological polar surface area (TPSA) is 59.1 Å². The van der Waals surface area contributed by atoms with Crippen LogP contribution in [0.3, 0.4) is 0 Å². The van der Waals surface area contributed by atoms with Gasteiger partial charge in [0.15, 0.2) is 0 Å². The lowest BCUT2D eigenvalue weighted by Gasteiger charge is -2.24. The van der Waals surface area contributed by atoms with Gasteiger partial charge in [-0.2, -0.15) is 0 Å². The van der Waals surface area contributed by atoms with E-state index in [4.69, 9.17) is 17.3 Å². The van der Waals surface area contributed by atoms with Crippen LogP contribution < -0.4 is 5.73 Å². The molecule has 3 N–H and O–H groups in total. The van der Waals surface area contributed by atoms with Crippen LogP contribution in [-0.2, 0) is 5.60 Å². The van der Waals surface area contributed by atoms with Crippen molar-refractivity contribution < 1.29 is 5.11 Å². The summed E-state index contributed by atoms with van der Waals surface area (Å²) in [5.74, 6) is 0.907. The fraction of sp³-hybridized carbons (Fsp3) is 0.545. The van der Waals surface area contributed by atoms with E-state index in [0.29, 0.717) is 22.3 Å². The first-order valence-corrected chi connectivity index (χ1v) is 5.53. The number of halogens is 1. The molecular weight excluding hydrogens is 212 g/mol. The molecule has 1 aromatic heterocycles. The van der Waals surface area contributed by atoms with Crippen molar-refractivity contribution in [1.82, 2.24) is 4.98 Å². The zero-order valence-corrected chi connectivity index (χ0v) is 9.46. The zero-order valence-electron chi connectivity index (χ0n) is 8.70. The minimum absolute atomic E-state index is 0.385. The van der Waals surface area contributed by atoms with E-state index in [1.54, 1.807) is 6.07 Å². The Bertz CT molecular complexity index is 383. The number of nitrogens with zero attached hydrogens (tertiary/aromatic N) is 1. The molecule has 0 radical (unpaired) electrons. The predicted octanol–water partition coefficient (Wildman–Crippen LogP) is 2.32. The normalized spacial score (nSPS) is 30.7. The third kappa shape index (κ3) is 1.94. The molecule has 2 atom stereocenters. The van der Waals surface area contributed by atoms with Gasteiger partial charge < -0.3 is 10.8 Å². The Balaban J connectivity index is 2.40. The average Bonchev–Trinajstić information content (AvgIpc) is 2.52. The molecule has 0 saturated heterocycles. The maximum absolute atomic E-state index is 10.5. The zero-order chi connectivity index (χ0) is 11.1. The van der Waals surface area contributed by atoms with E-state index in [-0.39, 0.29) is 0 Å². The largest absolute Gasteiger partial charge is 0.385 e. The van der Waals surface area contributed by atoms with Crippen molar-refractivity contribution in [3.63, 3.8) is 0 Å². The van der Waals surface area contributed by atoms with Crippen molar-refractivity contribution in [2.75, 3.05) is 5.73 Å². The van der Waals surface area contributed by atoms with Gasteiger partial charge in [0.1, 0.15) is 5.82 Å². The highest BCUT2D eigenvalue weighted by atomic mass is 35.5. The molecule has 1 aliphatic rings. The number of hydrogen-bond donors (Lipinski definition) is 2. The van der Waals surface area contributed by atoms with Crippen LogP contribution in [0.5, 0.6) is 0 Å². The minimum Gasteiger partial charge on any atom is -0.385 e. The number of nitrogen functional groups attached to an aromatic ring is 1. The van der Waals surface area contributed by atoms with Gasteiger partial charge in [-0.3, -0.25) is 0 Å². The van der Waals surface area contributed by atoms with Crippen molar-refractivity contribution >= 4 is 17.4 Å². The van der Waals surface area contributed by atoms with Crippen LogP contribution in [-0.4, -0.2) is 10.1 Å². The lowest BCUT2D eigenvalue weighted by molar-refractivity contribution is 0.0413. The van der Waals surface area contributed by atoms with Crippen LogP contribution in [0, 0.1) is 5.92 Å². The van der Waals surface area contributed by atoms with Crippen molar-refractivity contribution in [1.29, 1.82) is 0 Å². The molecule has 1 saturated carbocycles. The molecule has 4 heteroatoms. The summed E-state index contributed by atoms with van der Waals surface area (Å²) >= 11 is 5.86. The highest BCUT2D eigenvalue weighted by Gasteiger charge is 2.38. The van der Waals surface area contributed by atoms with Crippen LogP contribution in [0.1, 0.15) is 31.7 Å². The summed E-state index contributed by atoms with van der Waals surface area (Å²) in [5.41, 5.74) is 5.62. The van der Waals surface area contributed by atoms with Crippen LogP contribution >= 0.6 is 11.6 Å². The first-order chi connectivity index (χ1) is 7.01. The van der Waals surface area contributed by atoms with Crippen LogP contribution in [0.25, 0.3) is 0 Å². The van der Waals surface area contributed by atoms with E-state index in [2.05, 4.69) is 11.9 Å². The number of aliphatic hydroxyl groups is 1. The smallest absolute Gasteiger partial charge is 0.129 e. The van der Waals surface area contributed by atoms with Gasteiger partial charge in [0.25, 0.3) is 0 Å². The summed E-state index contributed by atoms with van der Waals surface area (Å²) < 4.78 is 0. The Morgan fingerprint density at radius 2 is 2.40 bits per heavy atom. The first kappa shape index (κ1) is 10.7. The molecule has 3 nitrogen and oxygen atoms in total. The summed E-state index contributed by atoms with van der Waals surface area (Å²) in [7, 11) is 0. The van der Waals surface area contributed by atoms with E-state index in [1.807, 2.05) is 0 Å². The van der Waals surface area contributed by atoms with Crippen molar-refractivity contribution in [3.8, 4) is 0 Å². The maximum Gasteiger partial charge on any atom is 0.129 e. The molecule has 2 rings (SSSR count). The van der Waals surface area contributed by atoms with Gasteiger partial charge in [-0.25, -0.2) is 4.98 Å². The van der Waals surface area contributed by atoms with Gasteiger partial charge in [0.2, 0.25) is 0 Å². The SMILES string of the molecule is CC1CCC(O)(c2cc(Cl)cnc2N)C1. The lowest BCUT2D eigenvalue weighted by atomic mass is 9.92. The summed E-state index contributed by atoms with van der Waals surface area (Å²) in [6.45, 7) is 2.13. The molecule has 1 heterocycles. The summed E-state index contributed by atoms with van der Waals surface area (Å²) in [6, 6.07) is 1.72. The number of aromatic nitrogens is 1. The maximum atomic E-state index is 10.5. The summed E-state index contributed by atoms with van der Waals surface area (Å²) in [6.07, 6.45) is 3.99. The van der Waals surface area contributed by atoms with Gasteiger partial charge in [-0.15, -0.1) is 0 Å². The molecule has 1 aromatic rings. The quantitative estimate of drug-likeness (QED) is 0.773. The third-order valence-corrected chi connectivity index (χ3v) is 3.33. The molecule has 0 bridgehead atoms. The van der Waals surface area contributed by atoms with Crippen molar-refractivity contribution in [2.24, 2.45) is 5.92 Å². The fourth-order valence-electron chi connectivity index (χ4n) is 2.33. The van der Waals surface area contributed by atoms with E-state index in [9.17, 15) is 5.11 Å². The standard InChI is InChI=1S/C11H15ClN2O/c1-7-2-3-11(15,5-7)9-4-8(12)6-14-10(9)13/h4,6-7,15H,2-3,5H2,1H3,(H2,13,14). The van der Waals surface area contributed by atoms with Crippen molar-refractivity contribution in [3.05, 3.63) is 22.8 Å². The molecule has 0 amide bonds. The van der Waals surface area contributed by atoms with Crippen LogP contribution in [0.2, 0.25) is 5.02 Å². The van der Waals surface area contributed by atoms with Gasteiger partial charge >= 0.3 is 0 Å². The second kappa shape index (κ2) is 3.65. The number of rotatable bonds is 1. The fourth-order valence-corrected chi connectivity index (χ4v) is 2.49. The Morgan fingerprint density at radius 1 is 1.67 bits per heavy atom. The van der Waals surface area contributed by atoms with Crippen LogP contribution in [0.15, 0.2) is 12.3 Å². The van der Waals surface area contributed by atoms with E-state index in [1.165, 1.54) is 6.20 Å². The Morgan fingerprint density at radius 3 is 3.00 bits per heavy atom. The molecule has 82 valence electrons. The number of pyridine rings is 1. The number of nitrogens with two attached hydrogens (primary N) is 1. The monoisotopic (exact) mass is 226 g/mol. The average molecular weight is 227 g/mol. The summed E-state index contributed by atoms with van der Waals surface area (Å²) in [5, 5.41) is 11.0. The molecule has 1 aliphatic carbocycles. The van der Waals surface area contributed by atoms with E-state index >= 15 is 0 Å². The van der Waals surface area contributed by atoms with E-state index < -0.39 is 5.60 Å². The molecule has 0 aliphatic heterocycles. The Labute approximate surface area is 94.3 Å². The summed E-state index contributed by atoms with van der Waals surface area (Å²) in [4.78, 5) is 3.98. The number of hydrogen-bond acceptors (Lipinski definition) is 3. The second-order valence-corrected chi connectivity index (χ2v) is 4.90. The second-order valence-electron chi connectivity index (χ2n) is 4.47. The first-order valence-electron chi connectivity index (χ1n) is 5.15. The molecule has 0 spiro atoms. The molecule has 15 heavy (non-hydrogen) atoms. The minimum atomic E-state index is -0.832. The lowest BCUT2D eigenvalue weighted by Crippen LogP contribution is -2.23. The predicted molar refractivity (Wildman–Crippen MR) is 60.6 cm³/mol. The number of anilines is 1. The Hall–Kier alpha value is -0.800. The molecule has 2 unspecified atom stereocenters.